The summed E-state index contributed by atoms with van der Waals surface area (Å²) in [7, 11) is 0. The van der Waals surface area contributed by atoms with Crippen LogP contribution in [0.3, 0.4) is 0 Å². The molecule has 1 aromatic rings. The lowest BCUT2D eigenvalue weighted by atomic mass is 10.3. The molecule has 0 aromatic heterocycles. The monoisotopic (exact) mass is 273 g/mol. The molecule has 0 saturated carbocycles. The highest BCUT2D eigenvalue weighted by atomic mass is 35.5. The number of thioether (sulfide) groups is 1. The molecule has 2 N–H and O–H groups in total. The number of amides is 1. The van der Waals surface area contributed by atoms with E-state index in [1.807, 2.05) is 0 Å². The standard InChI is InChI=1S/C11H12ClNO3S/c1-7(17-6-10(14)15)11(16)13-9-4-2-8(12)3-5-9/h2-5,7H,6H2,1H3,(H,13,16)(H,14,15). The van der Waals surface area contributed by atoms with Crippen LogP contribution in [0.5, 0.6) is 0 Å². The van der Waals surface area contributed by atoms with Gasteiger partial charge < -0.3 is 10.4 Å². The molecule has 92 valence electrons. The molecule has 0 aliphatic rings. The van der Waals surface area contributed by atoms with E-state index in [0.717, 1.165) is 11.8 Å². The zero-order valence-corrected chi connectivity index (χ0v) is 10.7. The maximum absolute atomic E-state index is 11.7. The van der Waals surface area contributed by atoms with E-state index in [1.165, 1.54) is 0 Å². The molecule has 17 heavy (non-hydrogen) atoms. The fraction of sp³-hybridized carbons (Fsp3) is 0.273. The van der Waals surface area contributed by atoms with Gasteiger partial charge in [0.1, 0.15) is 0 Å². The van der Waals surface area contributed by atoms with Crippen LogP contribution in [0.15, 0.2) is 24.3 Å². The van der Waals surface area contributed by atoms with Crippen molar-refractivity contribution in [1.82, 2.24) is 0 Å². The number of carbonyl (C=O) groups is 2. The predicted molar refractivity (Wildman–Crippen MR) is 69.6 cm³/mol. The van der Waals surface area contributed by atoms with Gasteiger partial charge in [0.15, 0.2) is 0 Å². The number of aliphatic carboxylic acids is 1. The number of carboxylic acid groups (broad SMARTS) is 1. The molecule has 0 aliphatic heterocycles. The quantitative estimate of drug-likeness (QED) is 0.865. The third-order valence-electron chi connectivity index (χ3n) is 1.94. The van der Waals surface area contributed by atoms with E-state index in [1.54, 1.807) is 31.2 Å². The number of hydrogen-bond donors (Lipinski definition) is 2. The van der Waals surface area contributed by atoms with Crippen LogP contribution in [-0.4, -0.2) is 28.0 Å². The first kappa shape index (κ1) is 13.9. The van der Waals surface area contributed by atoms with Crippen LogP contribution in [0.25, 0.3) is 0 Å². The molecule has 0 saturated heterocycles. The van der Waals surface area contributed by atoms with Gasteiger partial charge in [-0.2, -0.15) is 0 Å². The van der Waals surface area contributed by atoms with Gasteiger partial charge in [0.05, 0.1) is 11.0 Å². The molecule has 0 heterocycles. The molecule has 6 heteroatoms. The number of benzene rings is 1. The van der Waals surface area contributed by atoms with Gasteiger partial charge in [0.2, 0.25) is 5.91 Å². The summed E-state index contributed by atoms with van der Waals surface area (Å²) in [4.78, 5) is 22.0. The summed E-state index contributed by atoms with van der Waals surface area (Å²) in [5.74, 6) is -1.24. The third-order valence-corrected chi connectivity index (χ3v) is 3.32. The molecule has 0 aliphatic carbocycles. The minimum Gasteiger partial charge on any atom is -0.481 e. The summed E-state index contributed by atoms with van der Waals surface area (Å²) in [6.45, 7) is 1.67. The Bertz CT molecular complexity index is 408. The molecule has 1 amide bonds. The van der Waals surface area contributed by atoms with Crippen molar-refractivity contribution >= 4 is 40.9 Å². The number of carbonyl (C=O) groups excluding carboxylic acids is 1. The largest absolute Gasteiger partial charge is 0.481 e. The second-order valence-corrected chi connectivity index (χ2v) is 5.11. The molecule has 1 rings (SSSR count). The minimum atomic E-state index is -0.929. The Balaban J connectivity index is 2.48. The second kappa shape index (κ2) is 6.51. The van der Waals surface area contributed by atoms with Gasteiger partial charge in [-0.05, 0) is 31.2 Å². The third kappa shape index (κ3) is 5.10. The highest BCUT2D eigenvalue weighted by Gasteiger charge is 2.14. The van der Waals surface area contributed by atoms with Gasteiger partial charge >= 0.3 is 5.97 Å². The van der Waals surface area contributed by atoms with Crippen molar-refractivity contribution in [3.63, 3.8) is 0 Å². The fourth-order valence-electron chi connectivity index (χ4n) is 1.05. The number of anilines is 1. The zero-order chi connectivity index (χ0) is 12.8. The Morgan fingerprint density at radius 2 is 2.00 bits per heavy atom. The van der Waals surface area contributed by atoms with E-state index in [4.69, 9.17) is 16.7 Å². The van der Waals surface area contributed by atoms with Crippen molar-refractivity contribution < 1.29 is 14.7 Å². The van der Waals surface area contributed by atoms with Crippen LogP contribution in [0.4, 0.5) is 5.69 Å². The first-order chi connectivity index (χ1) is 7.99. The Morgan fingerprint density at radius 1 is 1.41 bits per heavy atom. The normalized spacial score (nSPS) is 11.9. The predicted octanol–water partition coefficient (Wildman–Crippen LogP) is 2.48. The number of carboxylic acids is 1. The lowest BCUT2D eigenvalue weighted by Gasteiger charge is -2.10. The molecule has 1 atom stereocenters. The van der Waals surface area contributed by atoms with Crippen LogP contribution < -0.4 is 5.32 Å². The lowest BCUT2D eigenvalue weighted by molar-refractivity contribution is -0.133. The Labute approximate surface area is 108 Å². The highest BCUT2D eigenvalue weighted by molar-refractivity contribution is 8.01. The summed E-state index contributed by atoms with van der Waals surface area (Å²) in [6.07, 6.45) is 0. The van der Waals surface area contributed by atoms with Gasteiger partial charge in [-0.3, -0.25) is 9.59 Å². The highest BCUT2D eigenvalue weighted by Crippen LogP contribution is 2.16. The fourth-order valence-corrected chi connectivity index (χ4v) is 1.78. The maximum Gasteiger partial charge on any atom is 0.313 e. The molecule has 0 spiro atoms. The molecule has 1 aromatic carbocycles. The molecule has 0 radical (unpaired) electrons. The van der Waals surface area contributed by atoms with E-state index in [0.29, 0.717) is 10.7 Å². The molecule has 4 nitrogen and oxygen atoms in total. The number of hydrogen-bond acceptors (Lipinski definition) is 3. The average molecular weight is 274 g/mol. The van der Waals surface area contributed by atoms with Gasteiger partial charge in [-0.1, -0.05) is 11.6 Å². The van der Waals surface area contributed by atoms with Crippen molar-refractivity contribution in [1.29, 1.82) is 0 Å². The number of nitrogens with one attached hydrogen (secondary N) is 1. The van der Waals surface area contributed by atoms with E-state index in [2.05, 4.69) is 5.32 Å². The van der Waals surface area contributed by atoms with Crippen molar-refractivity contribution in [3.8, 4) is 0 Å². The SMILES string of the molecule is CC(SCC(=O)O)C(=O)Nc1ccc(Cl)cc1. The molecular weight excluding hydrogens is 262 g/mol. The zero-order valence-electron chi connectivity index (χ0n) is 9.14. The smallest absolute Gasteiger partial charge is 0.313 e. The average Bonchev–Trinajstić information content (AvgIpc) is 2.28. The van der Waals surface area contributed by atoms with Crippen LogP contribution in [0.2, 0.25) is 5.02 Å². The molecular formula is C11H12ClNO3S. The van der Waals surface area contributed by atoms with Gasteiger partial charge in [-0.15, -0.1) is 11.8 Å². The van der Waals surface area contributed by atoms with Crippen molar-refractivity contribution in [3.05, 3.63) is 29.3 Å². The Hall–Kier alpha value is -1.20. The lowest BCUT2D eigenvalue weighted by Crippen LogP contribution is -2.23. The molecule has 0 bridgehead atoms. The molecule has 0 fully saturated rings. The maximum atomic E-state index is 11.7. The summed E-state index contributed by atoms with van der Waals surface area (Å²) in [6, 6.07) is 6.72. The van der Waals surface area contributed by atoms with E-state index in [-0.39, 0.29) is 11.7 Å². The van der Waals surface area contributed by atoms with Gasteiger partial charge in [-0.25, -0.2) is 0 Å². The second-order valence-electron chi connectivity index (χ2n) is 3.34. The van der Waals surface area contributed by atoms with Gasteiger partial charge in [0, 0.05) is 10.7 Å². The summed E-state index contributed by atoms with van der Waals surface area (Å²) < 4.78 is 0. The summed E-state index contributed by atoms with van der Waals surface area (Å²) in [5.41, 5.74) is 0.641. The molecule has 1 unspecified atom stereocenters. The first-order valence-corrected chi connectivity index (χ1v) is 6.31. The van der Waals surface area contributed by atoms with Crippen LogP contribution in [0, 0.1) is 0 Å². The summed E-state index contributed by atoms with van der Waals surface area (Å²) in [5, 5.41) is 11.4. The van der Waals surface area contributed by atoms with Crippen LogP contribution in [0.1, 0.15) is 6.92 Å². The Morgan fingerprint density at radius 3 is 2.53 bits per heavy atom. The van der Waals surface area contributed by atoms with Crippen molar-refractivity contribution in [2.45, 2.75) is 12.2 Å². The number of rotatable bonds is 5. The van der Waals surface area contributed by atoms with Crippen molar-refractivity contribution in [2.24, 2.45) is 0 Å². The Kier molecular flexibility index (Phi) is 5.31. The van der Waals surface area contributed by atoms with E-state index in [9.17, 15) is 9.59 Å². The summed E-state index contributed by atoms with van der Waals surface area (Å²) >= 11 is 6.79. The van der Waals surface area contributed by atoms with E-state index < -0.39 is 11.2 Å². The van der Waals surface area contributed by atoms with Gasteiger partial charge in [0.25, 0.3) is 0 Å². The number of halogens is 1. The minimum absolute atomic E-state index is 0.0881. The van der Waals surface area contributed by atoms with Crippen LogP contribution in [-0.2, 0) is 9.59 Å². The van der Waals surface area contributed by atoms with Crippen molar-refractivity contribution in [2.75, 3.05) is 11.1 Å². The van der Waals surface area contributed by atoms with Crippen LogP contribution >= 0.6 is 23.4 Å². The first-order valence-electron chi connectivity index (χ1n) is 4.89. The topological polar surface area (TPSA) is 66.4 Å². The van der Waals surface area contributed by atoms with E-state index >= 15 is 0 Å².